The zero-order chi connectivity index (χ0) is 15.4. The van der Waals surface area contributed by atoms with Crippen molar-refractivity contribution in [3.8, 4) is 11.5 Å². The summed E-state index contributed by atoms with van der Waals surface area (Å²) in [6.45, 7) is 0. The number of halogens is 2. The summed E-state index contributed by atoms with van der Waals surface area (Å²) in [6.07, 6.45) is 0. The fourth-order valence-electron chi connectivity index (χ4n) is 2.20. The molecule has 2 aromatic rings. The van der Waals surface area contributed by atoms with Crippen LogP contribution in [0.1, 0.15) is 17.2 Å². The van der Waals surface area contributed by atoms with Crippen LogP contribution in [0.3, 0.4) is 0 Å². The van der Waals surface area contributed by atoms with Gasteiger partial charge >= 0.3 is 0 Å². The number of hydrazine groups is 1. The van der Waals surface area contributed by atoms with Gasteiger partial charge in [-0.1, -0.05) is 41.4 Å². The van der Waals surface area contributed by atoms with Crippen molar-refractivity contribution >= 4 is 23.2 Å². The molecule has 0 bridgehead atoms. The molecule has 0 aliphatic carbocycles. The van der Waals surface area contributed by atoms with E-state index in [2.05, 4.69) is 5.43 Å². The predicted octanol–water partition coefficient (Wildman–Crippen LogP) is 3.56. The van der Waals surface area contributed by atoms with Gasteiger partial charge in [-0.2, -0.15) is 0 Å². The second kappa shape index (κ2) is 7.00. The van der Waals surface area contributed by atoms with Crippen LogP contribution in [0.15, 0.2) is 36.4 Å². The number of para-hydroxylation sites is 1. The lowest BCUT2D eigenvalue weighted by Gasteiger charge is -2.21. The highest BCUT2D eigenvalue weighted by molar-refractivity contribution is 6.42. The summed E-state index contributed by atoms with van der Waals surface area (Å²) in [5.74, 6) is 6.97. The molecule has 1 unspecified atom stereocenters. The molecule has 21 heavy (non-hydrogen) atoms. The maximum absolute atomic E-state index is 6.08. The third-order valence-electron chi connectivity index (χ3n) is 3.19. The highest BCUT2D eigenvalue weighted by Crippen LogP contribution is 2.37. The van der Waals surface area contributed by atoms with E-state index in [4.69, 9.17) is 38.5 Å². The predicted molar refractivity (Wildman–Crippen MR) is 85.2 cm³/mol. The van der Waals surface area contributed by atoms with Gasteiger partial charge in [0, 0.05) is 5.56 Å². The van der Waals surface area contributed by atoms with E-state index in [-0.39, 0.29) is 6.04 Å². The minimum atomic E-state index is -0.301. The number of nitrogens with one attached hydrogen (secondary N) is 1. The second-order valence-electron chi connectivity index (χ2n) is 4.36. The third kappa shape index (κ3) is 3.24. The van der Waals surface area contributed by atoms with Crippen LogP contribution < -0.4 is 20.7 Å². The Morgan fingerprint density at radius 1 is 1.05 bits per heavy atom. The Morgan fingerprint density at radius 3 is 2.38 bits per heavy atom. The summed E-state index contributed by atoms with van der Waals surface area (Å²) in [5, 5.41) is 0.963. The fourth-order valence-corrected chi connectivity index (χ4v) is 2.50. The quantitative estimate of drug-likeness (QED) is 0.651. The van der Waals surface area contributed by atoms with Crippen molar-refractivity contribution in [3.05, 3.63) is 57.6 Å². The second-order valence-corrected chi connectivity index (χ2v) is 5.17. The standard InChI is InChI=1S/C15H16Cl2N2O2/c1-20-13-5-3-4-10(15(13)21-2)14(19-18)9-6-7-11(16)12(17)8-9/h3-8,14,19H,18H2,1-2H3. The van der Waals surface area contributed by atoms with Gasteiger partial charge in [0.15, 0.2) is 11.5 Å². The highest BCUT2D eigenvalue weighted by atomic mass is 35.5. The molecular weight excluding hydrogens is 311 g/mol. The van der Waals surface area contributed by atoms with E-state index in [1.54, 1.807) is 26.4 Å². The summed E-state index contributed by atoms with van der Waals surface area (Å²) in [4.78, 5) is 0. The Balaban J connectivity index is 2.53. The van der Waals surface area contributed by atoms with E-state index < -0.39 is 0 Å². The van der Waals surface area contributed by atoms with Crippen LogP contribution in [0, 0.1) is 0 Å². The van der Waals surface area contributed by atoms with E-state index >= 15 is 0 Å². The minimum absolute atomic E-state index is 0.301. The van der Waals surface area contributed by atoms with Gasteiger partial charge in [0.2, 0.25) is 0 Å². The van der Waals surface area contributed by atoms with Crippen LogP contribution in [-0.2, 0) is 0 Å². The van der Waals surface area contributed by atoms with Gasteiger partial charge in [0.05, 0.1) is 30.3 Å². The van der Waals surface area contributed by atoms with Crippen molar-refractivity contribution in [2.75, 3.05) is 14.2 Å². The van der Waals surface area contributed by atoms with Crippen LogP contribution in [0.25, 0.3) is 0 Å². The van der Waals surface area contributed by atoms with E-state index in [1.807, 2.05) is 24.3 Å². The van der Waals surface area contributed by atoms with E-state index in [0.717, 1.165) is 11.1 Å². The molecule has 2 aromatic carbocycles. The monoisotopic (exact) mass is 326 g/mol. The van der Waals surface area contributed by atoms with Crippen molar-refractivity contribution in [2.24, 2.45) is 5.84 Å². The number of methoxy groups -OCH3 is 2. The molecule has 1 atom stereocenters. The molecule has 0 aliphatic heterocycles. The van der Waals surface area contributed by atoms with Crippen LogP contribution in [0.2, 0.25) is 10.0 Å². The van der Waals surface area contributed by atoms with Gasteiger partial charge in [-0.15, -0.1) is 0 Å². The van der Waals surface area contributed by atoms with Gasteiger partial charge < -0.3 is 9.47 Å². The molecule has 0 amide bonds. The maximum atomic E-state index is 6.08. The summed E-state index contributed by atoms with van der Waals surface area (Å²) in [7, 11) is 3.18. The number of benzene rings is 2. The van der Waals surface area contributed by atoms with Gasteiger partial charge in [0.25, 0.3) is 0 Å². The van der Waals surface area contributed by atoms with Crippen molar-refractivity contribution < 1.29 is 9.47 Å². The largest absolute Gasteiger partial charge is 0.493 e. The van der Waals surface area contributed by atoms with Gasteiger partial charge in [0.1, 0.15) is 0 Å². The maximum Gasteiger partial charge on any atom is 0.165 e. The summed E-state index contributed by atoms with van der Waals surface area (Å²) in [5.41, 5.74) is 4.49. The van der Waals surface area contributed by atoms with Crippen molar-refractivity contribution in [2.45, 2.75) is 6.04 Å². The Labute approximate surface area is 133 Å². The molecule has 0 spiro atoms. The first-order valence-corrected chi connectivity index (χ1v) is 7.00. The van der Waals surface area contributed by atoms with E-state index in [1.165, 1.54) is 0 Å². The first-order chi connectivity index (χ1) is 10.1. The Morgan fingerprint density at radius 2 is 1.81 bits per heavy atom. The first-order valence-electron chi connectivity index (χ1n) is 6.24. The molecule has 0 saturated carbocycles. The molecule has 0 heterocycles. The first kappa shape index (κ1) is 15.9. The zero-order valence-corrected chi connectivity index (χ0v) is 13.2. The Kier molecular flexibility index (Phi) is 5.31. The number of nitrogens with two attached hydrogens (primary N) is 1. The molecular formula is C15H16Cl2N2O2. The van der Waals surface area contributed by atoms with E-state index in [0.29, 0.717) is 21.5 Å². The summed E-state index contributed by atoms with van der Waals surface area (Å²) in [6, 6.07) is 10.7. The van der Waals surface area contributed by atoms with Crippen LogP contribution in [0.4, 0.5) is 0 Å². The SMILES string of the molecule is COc1cccc(C(NN)c2ccc(Cl)c(Cl)c2)c1OC. The highest BCUT2D eigenvalue weighted by Gasteiger charge is 2.20. The number of hydrogen-bond acceptors (Lipinski definition) is 4. The molecule has 0 radical (unpaired) electrons. The molecule has 0 fully saturated rings. The molecule has 112 valence electrons. The molecule has 4 nitrogen and oxygen atoms in total. The fraction of sp³-hybridized carbons (Fsp3) is 0.200. The summed E-state index contributed by atoms with van der Waals surface area (Å²) >= 11 is 12.0. The third-order valence-corrected chi connectivity index (χ3v) is 3.93. The Bertz CT molecular complexity index is 635. The normalized spacial score (nSPS) is 12.0. The van der Waals surface area contributed by atoms with Crippen LogP contribution >= 0.6 is 23.2 Å². The number of ether oxygens (including phenoxy) is 2. The van der Waals surface area contributed by atoms with Crippen molar-refractivity contribution in [3.63, 3.8) is 0 Å². The van der Waals surface area contributed by atoms with Gasteiger partial charge in [-0.05, 0) is 23.8 Å². The topological polar surface area (TPSA) is 56.5 Å². The molecule has 0 aromatic heterocycles. The van der Waals surface area contributed by atoms with Gasteiger partial charge in [-0.25, -0.2) is 5.43 Å². The average Bonchev–Trinajstić information content (AvgIpc) is 2.51. The summed E-state index contributed by atoms with van der Waals surface area (Å²) < 4.78 is 10.8. The lowest BCUT2D eigenvalue weighted by molar-refractivity contribution is 0.349. The minimum Gasteiger partial charge on any atom is -0.493 e. The van der Waals surface area contributed by atoms with Crippen LogP contribution in [-0.4, -0.2) is 14.2 Å². The lowest BCUT2D eigenvalue weighted by atomic mass is 9.98. The zero-order valence-electron chi connectivity index (χ0n) is 11.7. The number of hydrogen-bond donors (Lipinski definition) is 2. The molecule has 6 heteroatoms. The van der Waals surface area contributed by atoms with Crippen molar-refractivity contribution in [1.82, 2.24) is 5.43 Å². The average molecular weight is 327 g/mol. The van der Waals surface area contributed by atoms with Crippen molar-refractivity contribution in [1.29, 1.82) is 0 Å². The Hall–Kier alpha value is -1.46. The molecule has 2 rings (SSSR count). The van der Waals surface area contributed by atoms with E-state index in [9.17, 15) is 0 Å². The lowest BCUT2D eigenvalue weighted by Crippen LogP contribution is -2.29. The molecule has 0 saturated heterocycles. The number of rotatable bonds is 5. The smallest absolute Gasteiger partial charge is 0.165 e. The molecule has 3 N–H and O–H groups in total. The van der Waals surface area contributed by atoms with Crippen LogP contribution in [0.5, 0.6) is 11.5 Å². The van der Waals surface area contributed by atoms with Gasteiger partial charge in [-0.3, -0.25) is 5.84 Å². The molecule has 0 aliphatic rings.